The molecule has 1 saturated heterocycles. The van der Waals surface area contributed by atoms with Crippen LogP contribution < -0.4 is 10.2 Å². The molecule has 3 heterocycles. The van der Waals surface area contributed by atoms with Gasteiger partial charge in [0.2, 0.25) is 0 Å². The predicted molar refractivity (Wildman–Crippen MR) is 130 cm³/mol. The van der Waals surface area contributed by atoms with Gasteiger partial charge in [-0.05, 0) is 55.3 Å². The van der Waals surface area contributed by atoms with Gasteiger partial charge in [-0.15, -0.1) is 0 Å². The Bertz CT molecular complexity index is 1310. The number of carbonyl (C=O) groups is 1. The lowest BCUT2D eigenvalue weighted by Crippen LogP contribution is -2.40. The second-order valence-corrected chi connectivity index (χ2v) is 8.54. The van der Waals surface area contributed by atoms with E-state index in [0.29, 0.717) is 18.7 Å². The number of halogens is 2. The Morgan fingerprint density at radius 3 is 2.56 bits per heavy atom. The van der Waals surface area contributed by atoms with Crippen LogP contribution in [0, 0.1) is 17.6 Å². The Morgan fingerprint density at radius 2 is 1.79 bits per heavy atom. The molecular weight excluding hydrogens is 436 g/mol. The Balaban J connectivity index is 1.31. The molecule has 34 heavy (non-hydrogen) atoms. The van der Waals surface area contributed by atoms with Crippen molar-refractivity contribution in [1.82, 2.24) is 10.3 Å². The first-order chi connectivity index (χ1) is 16.5. The van der Waals surface area contributed by atoms with E-state index in [4.69, 9.17) is 9.98 Å². The standard InChI is InChI=1S/C26H25F2N5O/c1-29-26(34)20-5-2-18(15-21(20)28)25-24(30-10-11-31-25)16-8-12-33(13-9-16)23-7-3-17-14-19(27)4-6-22(17)32-23/h2-7,14-16H,8-13H2,1H3,(H,29,34). The number of amides is 1. The van der Waals surface area contributed by atoms with Gasteiger partial charge in [0.05, 0.1) is 35.6 Å². The van der Waals surface area contributed by atoms with Gasteiger partial charge < -0.3 is 10.2 Å². The van der Waals surface area contributed by atoms with E-state index in [2.05, 4.69) is 15.2 Å². The van der Waals surface area contributed by atoms with Gasteiger partial charge in [0.15, 0.2) is 0 Å². The van der Waals surface area contributed by atoms with Crippen LogP contribution in [0.5, 0.6) is 0 Å². The van der Waals surface area contributed by atoms with Crippen molar-refractivity contribution in [2.45, 2.75) is 12.8 Å². The molecule has 1 N–H and O–H groups in total. The van der Waals surface area contributed by atoms with Gasteiger partial charge in [-0.3, -0.25) is 14.8 Å². The zero-order valence-electron chi connectivity index (χ0n) is 18.9. The van der Waals surface area contributed by atoms with Crippen LogP contribution >= 0.6 is 0 Å². The monoisotopic (exact) mass is 461 g/mol. The fraction of sp³-hybridized carbons (Fsp3) is 0.308. The van der Waals surface area contributed by atoms with E-state index < -0.39 is 11.7 Å². The Morgan fingerprint density at radius 1 is 1.00 bits per heavy atom. The molecule has 1 amide bonds. The van der Waals surface area contributed by atoms with Gasteiger partial charge in [0, 0.05) is 37.0 Å². The molecule has 1 fully saturated rings. The van der Waals surface area contributed by atoms with Gasteiger partial charge in [-0.2, -0.15) is 0 Å². The minimum absolute atomic E-state index is 0.0140. The average molecular weight is 462 g/mol. The maximum absolute atomic E-state index is 14.6. The number of benzene rings is 2. The van der Waals surface area contributed by atoms with Crippen LogP contribution in [-0.4, -0.2) is 55.5 Å². The maximum Gasteiger partial charge on any atom is 0.253 e. The van der Waals surface area contributed by atoms with E-state index in [1.807, 2.05) is 12.1 Å². The first kappa shape index (κ1) is 22.1. The van der Waals surface area contributed by atoms with Crippen molar-refractivity contribution in [2.24, 2.45) is 15.9 Å². The molecule has 1 aromatic heterocycles. The van der Waals surface area contributed by atoms with Crippen LogP contribution in [0.4, 0.5) is 14.6 Å². The molecule has 6 nitrogen and oxygen atoms in total. The number of aliphatic imine (C=N–C) groups is 2. The van der Waals surface area contributed by atoms with Crippen molar-refractivity contribution in [3.63, 3.8) is 0 Å². The van der Waals surface area contributed by atoms with Crippen molar-refractivity contribution in [3.8, 4) is 0 Å². The van der Waals surface area contributed by atoms with E-state index >= 15 is 0 Å². The molecule has 5 rings (SSSR count). The number of piperidine rings is 1. The van der Waals surface area contributed by atoms with Crippen molar-refractivity contribution in [1.29, 1.82) is 0 Å². The molecule has 2 aromatic carbocycles. The molecule has 174 valence electrons. The maximum atomic E-state index is 14.6. The third-order valence-corrected chi connectivity index (χ3v) is 6.45. The number of pyridine rings is 1. The molecule has 2 aliphatic rings. The number of nitrogens with one attached hydrogen (secondary N) is 1. The smallest absolute Gasteiger partial charge is 0.253 e. The Kier molecular flexibility index (Phi) is 6.04. The van der Waals surface area contributed by atoms with E-state index in [9.17, 15) is 13.6 Å². The quantitative estimate of drug-likeness (QED) is 0.638. The van der Waals surface area contributed by atoms with E-state index in [1.54, 1.807) is 12.1 Å². The highest BCUT2D eigenvalue weighted by Gasteiger charge is 2.29. The molecule has 2 aliphatic heterocycles. The minimum atomic E-state index is -0.568. The summed E-state index contributed by atoms with van der Waals surface area (Å²) in [5.74, 6) is -0.197. The lowest BCUT2D eigenvalue weighted by molar-refractivity contribution is 0.0959. The molecule has 0 bridgehead atoms. The number of hydrogen-bond acceptors (Lipinski definition) is 5. The van der Waals surface area contributed by atoms with Crippen molar-refractivity contribution in [2.75, 3.05) is 38.1 Å². The van der Waals surface area contributed by atoms with Crippen molar-refractivity contribution in [3.05, 3.63) is 71.3 Å². The summed E-state index contributed by atoms with van der Waals surface area (Å²) in [6.45, 7) is 2.81. The summed E-state index contributed by atoms with van der Waals surface area (Å²) in [5, 5.41) is 3.24. The second kappa shape index (κ2) is 9.29. The number of carbonyl (C=O) groups excluding carboxylic acids is 1. The SMILES string of the molecule is CNC(=O)c1ccc(C2=NCCN=C2C2CCN(c3ccc4cc(F)ccc4n3)CC2)cc1F. The summed E-state index contributed by atoms with van der Waals surface area (Å²) < 4.78 is 28.1. The van der Waals surface area contributed by atoms with Crippen LogP contribution in [-0.2, 0) is 0 Å². The highest BCUT2D eigenvalue weighted by atomic mass is 19.1. The van der Waals surface area contributed by atoms with Crippen LogP contribution in [0.2, 0.25) is 0 Å². The predicted octanol–water partition coefficient (Wildman–Crippen LogP) is 4.03. The van der Waals surface area contributed by atoms with Gasteiger partial charge in [-0.25, -0.2) is 13.8 Å². The molecule has 0 radical (unpaired) electrons. The molecule has 0 saturated carbocycles. The Hall–Kier alpha value is -3.68. The van der Waals surface area contributed by atoms with E-state index in [-0.39, 0.29) is 17.3 Å². The number of rotatable bonds is 4. The fourth-order valence-electron chi connectivity index (χ4n) is 4.67. The number of aromatic nitrogens is 1. The highest BCUT2D eigenvalue weighted by molar-refractivity contribution is 6.49. The molecule has 8 heteroatoms. The molecular formula is C26H25F2N5O. The van der Waals surface area contributed by atoms with Crippen LogP contribution in [0.15, 0.2) is 58.5 Å². The zero-order valence-corrected chi connectivity index (χ0v) is 18.9. The van der Waals surface area contributed by atoms with Crippen LogP contribution in [0.25, 0.3) is 10.9 Å². The number of nitrogens with zero attached hydrogens (tertiary/aromatic N) is 4. The summed E-state index contributed by atoms with van der Waals surface area (Å²) in [6.07, 6.45) is 1.75. The minimum Gasteiger partial charge on any atom is -0.357 e. The van der Waals surface area contributed by atoms with Gasteiger partial charge in [0.1, 0.15) is 17.5 Å². The Labute approximate surface area is 196 Å². The molecule has 3 aromatic rings. The molecule has 0 atom stereocenters. The third kappa shape index (κ3) is 4.27. The first-order valence-corrected chi connectivity index (χ1v) is 11.5. The lowest BCUT2D eigenvalue weighted by atomic mass is 9.86. The fourth-order valence-corrected chi connectivity index (χ4v) is 4.67. The summed E-state index contributed by atoms with van der Waals surface area (Å²) in [5.41, 5.74) is 3.07. The van der Waals surface area contributed by atoms with Crippen molar-refractivity contribution < 1.29 is 13.6 Å². The zero-order chi connectivity index (χ0) is 23.7. The largest absolute Gasteiger partial charge is 0.357 e. The van der Waals surface area contributed by atoms with Gasteiger partial charge in [-0.1, -0.05) is 6.07 Å². The number of fused-ring (bicyclic) bond motifs is 1. The van der Waals surface area contributed by atoms with Crippen LogP contribution in [0.1, 0.15) is 28.8 Å². The summed E-state index contributed by atoms with van der Waals surface area (Å²) >= 11 is 0. The first-order valence-electron chi connectivity index (χ1n) is 11.5. The summed E-state index contributed by atoms with van der Waals surface area (Å²) in [6, 6.07) is 13.1. The molecule has 0 aliphatic carbocycles. The average Bonchev–Trinajstić information content (AvgIpc) is 2.88. The van der Waals surface area contributed by atoms with Crippen molar-refractivity contribution >= 4 is 34.1 Å². The summed E-state index contributed by atoms with van der Waals surface area (Å²) in [7, 11) is 1.48. The third-order valence-electron chi connectivity index (χ3n) is 6.45. The second-order valence-electron chi connectivity index (χ2n) is 8.54. The normalized spacial score (nSPS) is 16.9. The molecule has 0 spiro atoms. The van der Waals surface area contributed by atoms with E-state index in [1.165, 1.54) is 31.3 Å². The molecule has 0 unspecified atom stereocenters. The number of hydrogen-bond donors (Lipinski definition) is 1. The van der Waals surface area contributed by atoms with Gasteiger partial charge in [0.25, 0.3) is 5.91 Å². The summed E-state index contributed by atoms with van der Waals surface area (Å²) in [4.78, 5) is 28.2. The number of anilines is 1. The van der Waals surface area contributed by atoms with Gasteiger partial charge >= 0.3 is 0 Å². The lowest BCUT2D eigenvalue weighted by Gasteiger charge is -2.34. The topological polar surface area (TPSA) is 70.0 Å². The van der Waals surface area contributed by atoms with E-state index in [0.717, 1.165) is 54.1 Å². The van der Waals surface area contributed by atoms with Crippen LogP contribution in [0.3, 0.4) is 0 Å². The highest BCUT2D eigenvalue weighted by Crippen LogP contribution is 2.27.